The molecular formula is C11H24N2O. The van der Waals surface area contributed by atoms with Crippen LogP contribution in [0.5, 0.6) is 0 Å². The van der Waals surface area contributed by atoms with Gasteiger partial charge in [0.05, 0.1) is 0 Å². The number of hydrogen-bond acceptors (Lipinski definition) is 2. The summed E-state index contributed by atoms with van der Waals surface area (Å²) in [5.74, 6) is 0.117. The van der Waals surface area contributed by atoms with E-state index in [1.807, 2.05) is 13.8 Å². The van der Waals surface area contributed by atoms with Crippen LogP contribution in [-0.2, 0) is 4.79 Å². The van der Waals surface area contributed by atoms with Crippen molar-refractivity contribution in [1.82, 2.24) is 5.32 Å². The van der Waals surface area contributed by atoms with Crippen molar-refractivity contribution in [2.45, 2.75) is 47.1 Å². The smallest absolute Gasteiger partial charge is 0.222 e. The third-order valence-electron chi connectivity index (χ3n) is 1.94. The molecule has 0 saturated heterocycles. The summed E-state index contributed by atoms with van der Waals surface area (Å²) in [7, 11) is 0. The first kappa shape index (κ1) is 13.4. The molecule has 0 aromatic rings. The van der Waals surface area contributed by atoms with Crippen LogP contribution in [0.3, 0.4) is 0 Å². The van der Waals surface area contributed by atoms with Gasteiger partial charge in [-0.3, -0.25) is 4.79 Å². The third-order valence-corrected chi connectivity index (χ3v) is 1.94. The summed E-state index contributed by atoms with van der Waals surface area (Å²) in [6, 6.07) is 0.0534. The molecule has 3 nitrogen and oxygen atoms in total. The van der Waals surface area contributed by atoms with Gasteiger partial charge < -0.3 is 11.1 Å². The average Bonchev–Trinajstić information content (AvgIpc) is 1.96. The van der Waals surface area contributed by atoms with Crippen molar-refractivity contribution in [3.63, 3.8) is 0 Å². The minimum Gasteiger partial charge on any atom is -0.354 e. The molecule has 0 aliphatic heterocycles. The number of amides is 1. The first-order valence-electron chi connectivity index (χ1n) is 5.25. The van der Waals surface area contributed by atoms with Crippen LogP contribution in [0.15, 0.2) is 0 Å². The molecule has 1 amide bonds. The Balaban J connectivity index is 3.75. The van der Waals surface area contributed by atoms with Crippen LogP contribution in [-0.4, -0.2) is 18.5 Å². The van der Waals surface area contributed by atoms with Crippen LogP contribution in [0.25, 0.3) is 0 Å². The highest BCUT2D eigenvalue weighted by Crippen LogP contribution is 2.19. The van der Waals surface area contributed by atoms with Crippen molar-refractivity contribution >= 4 is 5.91 Å². The van der Waals surface area contributed by atoms with Crippen LogP contribution < -0.4 is 11.1 Å². The van der Waals surface area contributed by atoms with E-state index in [0.717, 1.165) is 6.42 Å². The Bertz CT molecular complexity index is 182. The van der Waals surface area contributed by atoms with Gasteiger partial charge in [0, 0.05) is 18.5 Å². The molecule has 0 saturated carbocycles. The van der Waals surface area contributed by atoms with E-state index in [2.05, 4.69) is 26.1 Å². The molecule has 0 spiro atoms. The quantitative estimate of drug-likeness (QED) is 0.723. The van der Waals surface area contributed by atoms with Gasteiger partial charge in [0.2, 0.25) is 5.91 Å². The van der Waals surface area contributed by atoms with Gasteiger partial charge in [0.25, 0.3) is 0 Å². The Kier molecular flexibility index (Phi) is 5.13. The minimum atomic E-state index is 0.0387. The number of nitrogens with two attached hydrogens (primary N) is 1. The number of nitrogens with one attached hydrogen (secondary N) is 1. The van der Waals surface area contributed by atoms with Gasteiger partial charge in [-0.05, 0) is 11.8 Å². The van der Waals surface area contributed by atoms with Crippen LogP contribution in [0.4, 0.5) is 0 Å². The lowest BCUT2D eigenvalue weighted by Gasteiger charge is -2.23. The van der Waals surface area contributed by atoms with Gasteiger partial charge in [0.15, 0.2) is 0 Å². The summed E-state index contributed by atoms with van der Waals surface area (Å²) in [6.07, 6.45) is 0.922. The lowest BCUT2D eigenvalue weighted by Crippen LogP contribution is -2.40. The largest absolute Gasteiger partial charge is 0.354 e. The highest BCUT2D eigenvalue weighted by molar-refractivity contribution is 5.77. The molecule has 0 bridgehead atoms. The standard InChI is InChI=1S/C11H24N2O/c1-8(2)10(14)13-7-9(12)6-11(3,4)5/h8-9H,6-7,12H2,1-5H3,(H,13,14). The number of hydrogen-bond donors (Lipinski definition) is 2. The zero-order valence-electron chi connectivity index (χ0n) is 10.1. The summed E-state index contributed by atoms with van der Waals surface area (Å²) < 4.78 is 0. The van der Waals surface area contributed by atoms with E-state index in [-0.39, 0.29) is 23.3 Å². The lowest BCUT2D eigenvalue weighted by atomic mass is 9.88. The predicted octanol–water partition coefficient (Wildman–Crippen LogP) is 1.52. The maximum Gasteiger partial charge on any atom is 0.222 e. The average molecular weight is 200 g/mol. The van der Waals surface area contributed by atoms with E-state index in [1.165, 1.54) is 0 Å². The lowest BCUT2D eigenvalue weighted by molar-refractivity contribution is -0.124. The molecule has 0 rings (SSSR count). The van der Waals surface area contributed by atoms with E-state index in [4.69, 9.17) is 5.73 Å². The summed E-state index contributed by atoms with van der Waals surface area (Å²) >= 11 is 0. The topological polar surface area (TPSA) is 55.1 Å². The second-order valence-electron chi connectivity index (χ2n) is 5.42. The fourth-order valence-electron chi connectivity index (χ4n) is 1.29. The Morgan fingerprint density at radius 3 is 2.21 bits per heavy atom. The first-order valence-corrected chi connectivity index (χ1v) is 5.25. The number of carbonyl (C=O) groups excluding carboxylic acids is 1. The third kappa shape index (κ3) is 6.89. The number of carbonyl (C=O) groups is 1. The van der Waals surface area contributed by atoms with Crippen LogP contribution in [0.1, 0.15) is 41.0 Å². The zero-order valence-corrected chi connectivity index (χ0v) is 10.1. The first-order chi connectivity index (χ1) is 6.22. The molecule has 1 unspecified atom stereocenters. The molecule has 1 atom stereocenters. The fraction of sp³-hybridized carbons (Fsp3) is 0.909. The number of rotatable bonds is 4. The normalized spacial score (nSPS) is 14.2. The zero-order chi connectivity index (χ0) is 11.4. The maximum atomic E-state index is 11.2. The summed E-state index contributed by atoms with van der Waals surface area (Å²) in [5.41, 5.74) is 6.12. The van der Waals surface area contributed by atoms with Gasteiger partial charge >= 0.3 is 0 Å². The van der Waals surface area contributed by atoms with Crippen molar-refractivity contribution in [3.05, 3.63) is 0 Å². The molecule has 14 heavy (non-hydrogen) atoms. The molecular weight excluding hydrogens is 176 g/mol. The van der Waals surface area contributed by atoms with E-state index in [1.54, 1.807) is 0 Å². The van der Waals surface area contributed by atoms with Crippen molar-refractivity contribution < 1.29 is 4.79 Å². The molecule has 0 aromatic carbocycles. The van der Waals surface area contributed by atoms with E-state index in [9.17, 15) is 4.79 Å². The van der Waals surface area contributed by atoms with Crippen LogP contribution in [0.2, 0.25) is 0 Å². The van der Waals surface area contributed by atoms with Crippen molar-refractivity contribution in [2.75, 3.05) is 6.54 Å². The van der Waals surface area contributed by atoms with Gasteiger partial charge in [-0.1, -0.05) is 34.6 Å². The highest BCUT2D eigenvalue weighted by atomic mass is 16.1. The molecule has 0 fully saturated rings. The van der Waals surface area contributed by atoms with Crippen LogP contribution >= 0.6 is 0 Å². The van der Waals surface area contributed by atoms with E-state index in [0.29, 0.717) is 6.54 Å². The molecule has 0 aromatic heterocycles. The molecule has 0 aliphatic rings. The monoisotopic (exact) mass is 200 g/mol. The SMILES string of the molecule is CC(C)C(=O)NCC(N)CC(C)(C)C. The van der Waals surface area contributed by atoms with E-state index < -0.39 is 0 Å². The van der Waals surface area contributed by atoms with Crippen molar-refractivity contribution in [1.29, 1.82) is 0 Å². The molecule has 0 radical (unpaired) electrons. The second-order valence-corrected chi connectivity index (χ2v) is 5.42. The maximum absolute atomic E-state index is 11.2. The van der Waals surface area contributed by atoms with Gasteiger partial charge in [-0.25, -0.2) is 0 Å². The Hall–Kier alpha value is -0.570. The Morgan fingerprint density at radius 2 is 1.86 bits per heavy atom. The van der Waals surface area contributed by atoms with Gasteiger partial charge in [-0.2, -0.15) is 0 Å². The Morgan fingerprint density at radius 1 is 1.36 bits per heavy atom. The molecule has 84 valence electrons. The molecule has 0 aliphatic carbocycles. The summed E-state index contributed by atoms with van der Waals surface area (Å²) in [4.78, 5) is 11.2. The Labute approximate surface area is 87.4 Å². The van der Waals surface area contributed by atoms with E-state index >= 15 is 0 Å². The van der Waals surface area contributed by atoms with Crippen LogP contribution in [0, 0.1) is 11.3 Å². The molecule has 0 heterocycles. The van der Waals surface area contributed by atoms with Gasteiger partial charge in [-0.15, -0.1) is 0 Å². The predicted molar refractivity (Wildman–Crippen MR) is 59.9 cm³/mol. The summed E-state index contributed by atoms with van der Waals surface area (Å²) in [6.45, 7) is 10.8. The minimum absolute atomic E-state index is 0.0387. The van der Waals surface area contributed by atoms with Crippen molar-refractivity contribution in [3.8, 4) is 0 Å². The fourth-order valence-corrected chi connectivity index (χ4v) is 1.29. The van der Waals surface area contributed by atoms with Gasteiger partial charge in [0.1, 0.15) is 0 Å². The second kappa shape index (κ2) is 5.35. The summed E-state index contributed by atoms with van der Waals surface area (Å²) in [5, 5.41) is 2.84. The van der Waals surface area contributed by atoms with Crippen molar-refractivity contribution in [2.24, 2.45) is 17.1 Å². The molecule has 3 N–H and O–H groups in total. The highest BCUT2D eigenvalue weighted by Gasteiger charge is 2.16. The molecule has 3 heteroatoms.